The summed E-state index contributed by atoms with van der Waals surface area (Å²) in [7, 11) is 0. The molecular formula is C13H23NO2. The molecule has 0 spiro atoms. The third-order valence-corrected chi connectivity index (χ3v) is 3.63. The molecule has 1 saturated carbocycles. The van der Waals surface area contributed by atoms with E-state index in [1.54, 1.807) is 0 Å². The van der Waals surface area contributed by atoms with Gasteiger partial charge in [-0.3, -0.25) is 4.79 Å². The van der Waals surface area contributed by atoms with Gasteiger partial charge in [-0.25, -0.2) is 0 Å². The molecule has 1 saturated heterocycles. The lowest BCUT2D eigenvalue weighted by Crippen LogP contribution is -2.57. The number of amides is 1. The molecule has 2 fully saturated rings. The fraction of sp³-hybridized carbons (Fsp3) is 0.923. The van der Waals surface area contributed by atoms with E-state index in [0.717, 1.165) is 19.4 Å². The molecule has 2 atom stereocenters. The highest BCUT2D eigenvalue weighted by Gasteiger charge is 2.39. The number of rotatable bonds is 0. The Balaban J connectivity index is 2.11. The molecule has 92 valence electrons. The van der Waals surface area contributed by atoms with Crippen molar-refractivity contribution in [3.8, 4) is 0 Å². The molecule has 0 aromatic carbocycles. The van der Waals surface area contributed by atoms with Crippen LogP contribution in [-0.4, -0.2) is 36.1 Å². The Labute approximate surface area is 98.1 Å². The Kier molecular flexibility index (Phi) is 3.24. The Morgan fingerprint density at radius 1 is 1.25 bits per heavy atom. The Hall–Kier alpha value is -0.570. The zero-order valence-corrected chi connectivity index (χ0v) is 10.7. The molecule has 0 N–H and O–H groups in total. The molecular weight excluding hydrogens is 202 g/mol. The lowest BCUT2D eigenvalue weighted by atomic mass is 9.87. The maximum absolute atomic E-state index is 12.3. The number of hydrogen-bond donors (Lipinski definition) is 0. The molecule has 1 amide bonds. The van der Waals surface area contributed by atoms with Gasteiger partial charge in [-0.1, -0.05) is 33.6 Å². The van der Waals surface area contributed by atoms with E-state index in [1.807, 2.05) is 20.8 Å². The zero-order chi connectivity index (χ0) is 11.8. The summed E-state index contributed by atoms with van der Waals surface area (Å²) in [5.74, 6) is 0.285. The minimum Gasteiger partial charge on any atom is -0.374 e. The first kappa shape index (κ1) is 11.9. The highest BCUT2D eigenvalue weighted by Crippen LogP contribution is 2.31. The third-order valence-electron chi connectivity index (χ3n) is 3.63. The molecule has 3 nitrogen and oxygen atoms in total. The smallest absolute Gasteiger partial charge is 0.228 e. The van der Waals surface area contributed by atoms with Crippen LogP contribution in [0.5, 0.6) is 0 Å². The van der Waals surface area contributed by atoms with E-state index in [2.05, 4.69) is 4.90 Å². The highest BCUT2D eigenvalue weighted by atomic mass is 16.5. The van der Waals surface area contributed by atoms with Crippen molar-refractivity contribution in [2.75, 3.05) is 13.2 Å². The van der Waals surface area contributed by atoms with Crippen molar-refractivity contribution in [3.05, 3.63) is 0 Å². The van der Waals surface area contributed by atoms with Crippen LogP contribution in [0.2, 0.25) is 0 Å². The molecule has 0 bridgehead atoms. The van der Waals surface area contributed by atoms with Crippen LogP contribution >= 0.6 is 0 Å². The average Bonchev–Trinajstić information content (AvgIpc) is 2.26. The molecule has 3 heteroatoms. The second-order valence-electron chi connectivity index (χ2n) is 6.01. The third kappa shape index (κ3) is 2.24. The van der Waals surface area contributed by atoms with Gasteiger partial charge in [0.2, 0.25) is 5.91 Å². The van der Waals surface area contributed by atoms with E-state index in [4.69, 9.17) is 4.74 Å². The molecule has 2 aliphatic rings. The fourth-order valence-electron chi connectivity index (χ4n) is 2.78. The van der Waals surface area contributed by atoms with Crippen molar-refractivity contribution in [2.45, 2.75) is 58.6 Å². The van der Waals surface area contributed by atoms with Gasteiger partial charge in [0.15, 0.2) is 0 Å². The summed E-state index contributed by atoms with van der Waals surface area (Å²) in [6.45, 7) is 7.49. The van der Waals surface area contributed by atoms with E-state index in [-0.39, 0.29) is 11.3 Å². The van der Waals surface area contributed by atoms with Crippen molar-refractivity contribution in [1.29, 1.82) is 0 Å². The second kappa shape index (κ2) is 4.36. The summed E-state index contributed by atoms with van der Waals surface area (Å²) < 4.78 is 5.78. The molecule has 0 radical (unpaired) electrons. The largest absolute Gasteiger partial charge is 0.374 e. The van der Waals surface area contributed by atoms with Gasteiger partial charge in [-0.2, -0.15) is 0 Å². The summed E-state index contributed by atoms with van der Waals surface area (Å²) in [4.78, 5) is 14.4. The molecule has 0 aromatic rings. The quantitative estimate of drug-likeness (QED) is 0.632. The van der Waals surface area contributed by atoms with Crippen molar-refractivity contribution >= 4 is 5.91 Å². The van der Waals surface area contributed by atoms with E-state index < -0.39 is 0 Å². The van der Waals surface area contributed by atoms with Crippen molar-refractivity contribution < 1.29 is 9.53 Å². The Bertz CT molecular complexity index is 268. The van der Waals surface area contributed by atoms with Crippen LogP contribution in [0.1, 0.15) is 46.5 Å². The van der Waals surface area contributed by atoms with Gasteiger partial charge in [-0.05, 0) is 12.8 Å². The summed E-state index contributed by atoms with van der Waals surface area (Å²) in [6.07, 6.45) is 5.02. The lowest BCUT2D eigenvalue weighted by Gasteiger charge is -2.45. The molecule has 1 heterocycles. The monoisotopic (exact) mass is 225 g/mol. The minimum atomic E-state index is -0.265. The molecule has 0 unspecified atom stereocenters. The van der Waals surface area contributed by atoms with Gasteiger partial charge in [0.1, 0.15) is 0 Å². The first-order chi connectivity index (χ1) is 7.50. The molecule has 2 rings (SSSR count). The summed E-state index contributed by atoms with van der Waals surface area (Å²) in [5.41, 5.74) is -0.265. The van der Waals surface area contributed by atoms with Crippen LogP contribution in [-0.2, 0) is 9.53 Å². The number of fused-ring (bicyclic) bond motifs is 1. The van der Waals surface area contributed by atoms with Gasteiger partial charge in [0, 0.05) is 12.0 Å². The van der Waals surface area contributed by atoms with Gasteiger partial charge in [0.25, 0.3) is 0 Å². The van der Waals surface area contributed by atoms with Gasteiger partial charge < -0.3 is 9.64 Å². The lowest BCUT2D eigenvalue weighted by molar-refractivity contribution is -0.157. The topological polar surface area (TPSA) is 29.5 Å². The summed E-state index contributed by atoms with van der Waals surface area (Å²) in [6, 6.07) is 0.342. The second-order valence-corrected chi connectivity index (χ2v) is 6.01. The van der Waals surface area contributed by atoms with E-state index in [9.17, 15) is 4.79 Å². The predicted octanol–water partition coefficient (Wildman–Crippen LogP) is 2.20. The predicted molar refractivity (Wildman–Crippen MR) is 63.2 cm³/mol. The number of morpholine rings is 1. The molecule has 16 heavy (non-hydrogen) atoms. The fourth-order valence-corrected chi connectivity index (χ4v) is 2.78. The van der Waals surface area contributed by atoms with Crippen LogP contribution < -0.4 is 0 Å². The average molecular weight is 225 g/mol. The highest BCUT2D eigenvalue weighted by molar-refractivity contribution is 5.82. The molecule has 0 aromatic heterocycles. The summed E-state index contributed by atoms with van der Waals surface area (Å²) >= 11 is 0. The van der Waals surface area contributed by atoms with Crippen molar-refractivity contribution in [2.24, 2.45) is 5.41 Å². The number of hydrogen-bond acceptors (Lipinski definition) is 2. The first-order valence-corrected chi connectivity index (χ1v) is 6.43. The molecule has 1 aliphatic carbocycles. The summed E-state index contributed by atoms with van der Waals surface area (Å²) in [5, 5.41) is 0. The Morgan fingerprint density at radius 3 is 2.62 bits per heavy atom. The van der Waals surface area contributed by atoms with E-state index in [0.29, 0.717) is 18.8 Å². The Morgan fingerprint density at radius 2 is 1.94 bits per heavy atom. The number of nitrogens with zero attached hydrogens (tertiary/aromatic N) is 1. The maximum Gasteiger partial charge on any atom is 0.228 e. The van der Waals surface area contributed by atoms with Crippen LogP contribution in [0.4, 0.5) is 0 Å². The van der Waals surface area contributed by atoms with Gasteiger partial charge >= 0.3 is 0 Å². The van der Waals surface area contributed by atoms with Crippen LogP contribution in [0, 0.1) is 5.41 Å². The van der Waals surface area contributed by atoms with E-state index in [1.165, 1.54) is 12.8 Å². The van der Waals surface area contributed by atoms with E-state index >= 15 is 0 Å². The first-order valence-electron chi connectivity index (χ1n) is 6.43. The SMILES string of the molecule is CC(C)(C)C(=O)N1CCO[C@H]2CCCC[C@@H]21. The van der Waals surface area contributed by atoms with Crippen LogP contribution in [0.25, 0.3) is 0 Å². The number of ether oxygens (including phenoxy) is 1. The van der Waals surface area contributed by atoms with Gasteiger partial charge in [0.05, 0.1) is 18.8 Å². The standard InChI is InChI=1S/C13H23NO2/c1-13(2,3)12(15)14-8-9-16-11-7-5-4-6-10(11)14/h10-11H,4-9H2,1-3H3/t10-,11-/m0/s1. The molecule has 1 aliphatic heterocycles. The van der Waals surface area contributed by atoms with Crippen molar-refractivity contribution in [3.63, 3.8) is 0 Å². The number of carbonyl (C=O) groups is 1. The minimum absolute atomic E-state index is 0.265. The van der Waals surface area contributed by atoms with Gasteiger partial charge in [-0.15, -0.1) is 0 Å². The maximum atomic E-state index is 12.3. The normalized spacial score (nSPS) is 31.1. The number of carbonyl (C=O) groups excluding carboxylic acids is 1. The van der Waals surface area contributed by atoms with Crippen LogP contribution in [0.3, 0.4) is 0 Å². The van der Waals surface area contributed by atoms with Crippen LogP contribution in [0.15, 0.2) is 0 Å². The van der Waals surface area contributed by atoms with Crippen molar-refractivity contribution in [1.82, 2.24) is 4.90 Å². The zero-order valence-electron chi connectivity index (χ0n) is 10.7.